The molecule has 6 nitrogen and oxygen atoms in total. The third-order valence-electron chi connectivity index (χ3n) is 3.00. The highest BCUT2D eigenvalue weighted by molar-refractivity contribution is 7.92. The molecule has 21 heavy (non-hydrogen) atoms. The van der Waals surface area contributed by atoms with E-state index in [1.54, 1.807) is 32.2 Å². The fourth-order valence-corrected chi connectivity index (χ4v) is 3.57. The van der Waals surface area contributed by atoms with Gasteiger partial charge >= 0.3 is 0 Å². The number of halogens is 1. The second kappa shape index (κ2) is 6.05. The number of nitrogens with one attached hydrogen (secondary N) is 3. The summed E-state index contributed by atoms with van der Waals surface area (Å²) in [5, 5.41) is 10.1. The Morgan fingerprint density at radius 1 is 1.33 bits per heavy atom. The standard InChI is InChI=1S/C13H17ClN4O2S/c1-8-4-5-10(6-11(8)14)18-21(19,20)13-9(2)16-17-12(13)7-15-3/h4-6,15,18H,7H2,1-3H3,(H,16,17). The first-order valence-electron chi connectivity index (χ1n) is 6.32. The van der Waals surface area contributed by atoms with Gasteiger partial charge in [0.2, 0.25) is 0 Å². The SMILES string of the molecule is CNCc1n[nH]c(C)c1S(=O)(=O)Nc1ccc(C)c(Cl)c1. The predicted octanol–water partition coefficient (Wildman–Crippen LogP) is 2.20. The summed E-state index contributed by atoms with van der Waals surface area (Å²) < 4.78 is 27.6. The predicted molar refractivity (Wildman–Crippen MR) is 83.1 cm³/mol. The normalized spacial score (nSPS) is 11.6. The maximum absolute atomic E-state index is 12.5. The summed E-state index contributed by atoms with van der Waals surface area (Å²) in [7, 11) is -2.00. The minimum atomic E-state index is -3.73. The molecule has 0 amide bonds. The third kappa shape index (κ3) is 3.37. The van der Waals surface area contributed by atoms with Gasteiger partial charge in [0.1, 0.15) is 4.90 Å². The minimum absolute atomic E-state index is 0.161. The lowest BCUT2D eigenvalue weighted by Gasteiger charge is -2.10. The number of hydrogen-bond donors (Lipinski definition) is 3. The van der Waals surface area contributed by atoms with Crippen molar-refractivity contribution in [3.8, 4) is 0 Å². The van der Waals surface area contributed by atoms with E-state index in [1.165, 1.54) is 0 Å². The summed E-state index contributed by atoms with van der Waals surface area (Å²) in [6.45, 7) is 3.88. The first-order chi connectivity index (χ1) is 9.85. The summed E-state index contributed by atoms with van der Waals surface area (Å²) in [5.74, 6) is 0. The number of anilines is 1. The molecule has 0 fully saturated rings. The van der Waals surface area contributed by atoms with Gasteiger partial charge < -0.3 is 5.32 Å². The molecule has 0 aliphatic carbocycles. The molecule has 8 heteroatoms. The number of benzene rings is 1. The van der Waals surface area contributed by atoms with Crippen molar-refractivity contribution >= 4 is 27.3 Å². The Hall–Kier alpha value is -1.57. The quantitative estimate of drug-likeness (QED) is 0.785. The molecule has 3 N–H and O–H groups in total. The van der Waals surface area contributed by atoms with Crippen LogP contribution >= 0.6 is 11.6 Å². The molecule has 2 aromatic rings. The van der Waals surface area contributed by atoms with Gasteiger partial charge in [0, 0.05) is 11.6 Å². The van der Waals surface area contributed by atoms with Gasteiger partial charge in [-0.3, -0.25) is 9.82 Å². The molecule has 0 aliphatic rings. The number of aromatic nitrogens is 2. The van der Waals surface area contributed by atoms with Crippen LogP contribution in [0, 0.1) is 13.8 Å². The van der Waals surface area contributed by atoms with E-state index in [2.05, 4.69) is 20.2 Å². The highest BCUT2D eigenvalue weighted by Crippen LogP contribution is 2.24. The largest absolute Gasteiger partial charge is 0.314 e. The highest BCUT2D eigenvalue weighted by Gasteiger charge is 2.24. The molecule has 1 aromatic carbocycles. The number of rotatable bonds is 5. The van der Waals surface area contributed by atoms with Gasteiger partial charge in [-0.15, -0.1) is 0 Å². The fraction of sp³-hybridized carbons (Fsp3) is 0.308. The summed E-state index contributed by atoms with van der Waals surface area (Å²) in [5.41, 5.74) is 2.24. The molecular formula is C13H17ClN4O2S. The average molecular weight is 329 g/mol. The Labute approximate surface area is 129 Å². The number of sulfonamides is 1. The van der Waals surface area contributed by atoms with Crippen LogP contribution < -0.4 is 10.0 Å². The second-order valence-corrected chi connectivity index (χ2v) is 6.75. The maximum atomic E-state index is 12.5. The van der Waals surface area contributed by atoms with Crippen molar-refractivity contribution < 1.29 is 8.42 Å². The van der Waals surface area contributed by atoms with Crippen molar-refractivity contribution in [1.29, 1.82) is 0 Å². The van der Waals surface area contributed by atoms with Crippen LogP contribution in [0.25, 0.3) is 0 Å². The Morgan fingerprint density at radius 3 is 2.67 bits per heavy atom. The van der Waals surface area contributed by atoms with Gasteiger partial charge in [0.25, 0.3) is 10.0 Å². The third-order valence-corrected chi connectivity index (χ3v) is 4.99. The van der Waals surface area contributed by atoms with Crippen LogP contribution in [0.15, 0.2) is 23.1 Å². The van der Waals surface area contributed by atoms with Crippen LogP contribution in [0.2, 0.25) is 5.02 Å². The monoisotopic (exact) mass is 328 g/mol. The molecule has 0 saturated heterocycles. The number of aryl methyl sites for hydroxylation is 2. The summed E-state index contributed by atoms with van der Waals surface area (Å²) in [6.07, 6.45) is 0. The number of aromatic amines is 1. The molecule has 0 aliphatic heterocycles. The van der Waals surface area contributed by atoms with Crippen molar-refractivity contribution in [2.45, 2.75) is 25.3 Å². The average Bonchev–Trinajstić information content (AvgIpc) is 2.76. The van der Waals surface area contributed by atoms with E-state index in [4.69, 9.17) is 11.6 Å². The van der Waals surface area contributed by atoms with Crippen molar-refractivity contribution in [2.75, 3.05) is 11.8 Å². The smallest absolute Gasteiger partial charge is 0.265 e. The zero-order chi connectivity index (χ0) is 15.6. The van der Waals surface area contributed by atoms with Gasteiger partial charge in [-0.1, -0.05) is 17.7 Å². The van der Waals surface area contributed by atoms with E-state index in [9.17, 15) is 8.42 Å². The summed E-state index contributed by atoms with van der Waals surface area (Å²) >= 11 is 6.02. The molecule has 2 rings (SSSR count). The van der Waals surface area contributed by atoms with Crippen molar-refractivity contribution in [3.05, 3.63) is 40.2 Å². The lowest BCUT2D eigenvalue weighted by Crippen LogP contribution is -2.17. The van der Waals surface area contributed by atoms with E-state index < -0.39 is 10.0 Å². The highest BCUT2D eigenvalue weighted by atomic mass is 35.5. The topological polar surface area (TPSA) is 86.9 Å². The molecular weight excluding hydrogens is 312 g/mol. The van der Waals surface area contributed by atoms with Gasteiger partial charge in [0.15, 0.2) is 0 Å². The van der Waals surface area contributed by atoms with E-state index in [-0.39, 0.29) is 4.90 Å². The van der Waals surface area contributed by atoms with Crippen LogP contribution in [0.4, 0.5) is 5.69 Å². The van der Waals surface area contributed by atoms with Crippen molar-refractivity contribution in [3.63, 3.8) is 0 Å². The molecule has 1 heterocycles. The van der Waals surface area contributed by atoms with Crippen LogP contribution in [0.3, 0.4) is 0 Å². The lowest BCUT2D eigenvalue weighted by molar-refractivity contribution is 0.598. The van der Waals surface area contributed by atoms with Gasteiger partial charge in [-0.25, -0.2) is 8.42 Å². The molecule has 1 aromatic heterocycles. The molecule has 0 saturated carbocycles. The van der Waals surface area contributed by atoms with Gasteiger partial charge in [-0.05, 0) is 38.6 Å². The summed E-state index contributed by atoms with van der Waals surface area (Å²) in [4.78, 5) is 0.161. The second-order valence-electron chi connectivity index (χ2n) is 4.72. The van der Waals surface area contributed by atoms with E-state index >= 15 is 0 Å². The van der Waals surface area contributed by atoms with Crippen LogP contribution in [-0.4, -0.2) is 25.7 Å². The lowest BCUT2D eigenvalue weighted by atomic mass is 10.2. The number of H-pyrrole nitrogens is 1. The molecule has 114 valence electrons. The first kappa shape index (κ1) is 15.8. The van der Waals surface area contributed by atoms with Crippen LogP contribution in [-0.2, 0) is 16.6 Å². The Balaban J connectivity index is 2.38. The Kier molecular flexibility index (Phi) is 4.55. The van der Waals surface area contributed by atoms with Crippen molar-refractivity contribution in [2.24, 2.45) is 0 Å². The van der Waals surface area contributed by atoms with Crippen LogP contribution in [0.5, 0.6) is 0 Å². The Bertz CT molecular complexity index is 756. The van der Waals surface area contributed by atoms with Gasteiger partial charge in [-0.2, -0.15) is 5.10 Å². The molecule has 0 atom stereocenters. The van der Waals surface area contributed by atoms with E-state index in [0.29, 0.717) is 28.6 Å². The first-order valence-corrected chi connectivity index (χ1v) is 8.18. The number of nitrogens with zero attached hydrogens (tertiary/aromatic N) is 1. The maximum Gasteiger partial charge on any atom is 0.265 e. The zero-order valence-corrected chi connectivity index (χ0v) is 13.6. The summed E-state index contributed by atoms with van der Waals surface area (Å²) in [6, 6.07) is 5.02. The Morgan fingerprint density at radius 2 is 2.05 bits per heavy atom. The fourth-order valence-electron chi connectivity index (χ4n) is 1.98. The molecule has 0 bridgehead atoms. The molecule has 0 spiro atoms. The van der Waals surface area contributed by atoms with Gasteiger partial charge in [0.05, 0.1) is 17.1 Å². The molecule has 0 unspecified atom stereocenters. The van der Waals surface area contributed by atoms with Crippen molar-refractivity contribution in [1.82, 2.24) is 15.5 Å². The zero-order valence-electron chi connectivity index (χ0n) is 12.0. The number of hydrogen-bond acceptors (Lipinski definition) is 4. The molecule has 0 radical (unpaired) electrons. The van der Waals surface area contributed by atoms with E-state index in [1.807, 2.05) is 6.92 Å². The van der Waals surface area contributed by atoms with E-state index in [0.717, 1.165) is 5.56 Å². The van der Waals surface area contributed by atoms with Crippen LogP contribution in [0.1, 0.15) is 17.0 Å². The minimum Gasteiger partial charge on any atom is -0.314 e.